The Morgan fingerprint density at radius 1 is 1.07 bits per heavy atom. The molecule has 3 heterocycles. The molecule has 0 aliphatic carbocycles. The maximum absolute atomic E-state index is 13.8. The van der Waals surface area contributed by atoms with Gasteiger partial charge in [0.25, 0.3) is 5.91 Å². The molecule has 9 nitrogen and oxygen atoms in total. The lowest BCUT2D eigenvalue weighted by Crippen LogP contribution is -2.55. The molecular weight excluding hydrogens is 562 g/mol. The van der Waals surface area contributed by atoms with Crippen molar-refractivity contribution in [3.8, 4) is 6.07 Å². The Bertz CT molecular complexity index is 1820. The molecule has 228 valence electrons. The largest absolute Gasteiger partial charge is 0.367 e. The molecule has 0 unspecified atom stereocenters. The van der Waals surface area contributed by atoms with E-state index in [-0.39, 0.29) is 24.3 Å². The molecule has 3 aromatic carbocycles. The van der Waals surface area contributed by atoms with E-state index in [1.807, 2.05) is 30.3 Å². The van der Waals surface area contributed by atoms with Crippen molar-refractivity contribution >= 4 is 39.6 Å². The van der Waals surface area contributed by atoms with Gasteiger partial charge in [-0.1, -0.05) is 55.1 Å². The number of nitrogens with one attached hydrogen (secondary N) is 1. The van der Waals surface area contributed by atoms with Gasteiger partial charge in [0.05, 0.1) is 30.8 Å². The fraction of sp³-hybridized carbons (Fsp3) is 0.278. The highest BCUT2D eigenvalue weighted by Gasteiger charge is 2.33. The van der Waals surface area contributed by atoms with E-state index in [9.17, 15) is 14.9 Å². The minimum Gasteiger partial charge on any atom is -0.367 e. The predicted molar refractivity (Wildman–Crippen MR) is 178 cm³/mol. The molecule has 1 atom stereocenters. The molecule has 1 fully saturated rings. The average Bonchev–Trinajstić information content (AvgIpc) is 3.07. The number of anilines is 3. The molecule has 0 radical (unpaired) electrons. The molecule has 1 saturated heterocycles. The van der Waals surface area contributed by atoms with Crippen LogP contribution in [0.1, 0.15) is 39.3 Å². The van der Waals surface area contributed by atoms with Crippen molar-refractivity contribution < 1.29 is 9.59 Å². The van der Waals surface area contributed by atoms with Crippen LogP contribution in [0.4, 0.5) is 17.1 Å². The molecule has 4 aromatic rings. The Kier molecular flexibility index (Phi) is 8.49. The van der Waals surface area contributed by atoms with E-state index >= 15 is 0 Å². The number of pyridine rings is 1. The number of hydrogen-bond donors (Lipinski definition) is 2. The summed E-state index contributed by atoms with van der Waals surface area (Å²) in [6, 6.07) is 24.0. The summed E-state index contributed by atoms with van der Waals surface area (Å²) in [5, 5.41) is 15.0. The van der Waals surface area contributed by atoms with Gasteiger partial charge in [0, 0.05) is 60.7 Å². The molecule has 2 aliphatic heterocycles. The topological polar surface area (TPSA) is 119 Å². The quantitative estimate of drug-likeness (QED) is 0.289. The molecular formula is C36H37N7O2. The standard InChI is InChI=1S/C36H37N7O2/c1-3-34(44)43-19-18-42(22-27(43)14-16-37)33-20-30(36(45)40-29-12-5-4-9-26(29)21-38)39-31-23-41(17-15-28(31)33)32-13-7-11-25-10-6-8-24(2)35(25)32/h3-13,20,27H,1,14-15,17-19,21-23,38H2,2H3,(H,40,45)/t27-/m0/s1. The second kappa shape index (κ2) is 12.8. The van der Waals surface area contributed by atoms with Gasteiger partial charge in [0.15, 0.2) is 0 Å². The zero-order valence-corrected chi connectivity index (χ0v) is 25.5. The van der Waals surface area contributed by atoms with E-state index in [0.717, 1.165) is 41.2 Å². The Labute approximate surface area is 263 Å². The van der Waals surface area contributed by atoms with Gasteiger partial charge in [-0.2, -0.15) is 5.26 Å². The van der Waals surface area contributed by atoms with E-state index in [4.69, 9.17) is 10.7 Å². The van der Waals surface area contributed by atoms with Crippen LogP contribution in [0, 0.1) is 18.3 Å². The Morgan fingerprint density at radius 2 is 1.87 bits per heavy atom. The first kappa shape index (κ1) is 29.9. The third kappa shape index (κ3) is 5.85. The van der Waals surface area contributed by atoms with Gasteiger partial charge in [-0.25, -0.2) is 4.98 Å². The fourth-order valence-electron chi connectivity index (χ4n) is 6.66. The predicted octanol–water partition coefficient (Wildman–Crippen LogP) is 4.93. The monoisotopic (exact) mass is 599 g/mol. The van der Waals surface area contributed by atoms with E-state index in [1.54, 1.807) is 4.90 Å². The minimum atomic E-state index is -0.313. The van der Waals surface area contributed by atoms with Crippen molar-refractivity contribution in [2.45, 2.75) is 38.9 Å². The number of hydrogen-bond acceptors (Lipinski definition) is 7. The molecule has 2 amide bonds. The van der Waals surface area contributed by atoms with E-state index in [1.165, 1.54) is 22.4 Å². The van der Waals surface area contributed by atoms with Gasteiger partial charge in [0.1, 0.15) is 5.69 Å². The lowest BCUT2D eigenvalue weighted by molar-refractivity contribution is -0.128. The second-order valence-electron chi connectivity index (χ2n) is 11.6. The highest BCUT2D eigenvalue weighted by atomic mass is 16.2. The fourth-order valence-corrected chi connectivity index (χ4v) is 6.66. The summed E-state index contributed by atoms with van der Waals surface area (Å²) >= 11 is 0. The summed E-state index contributed by atoms with van der Waals surface area (Å²) < 4.78 is 0. The number of rotatable bonds is 7. The number of aromatic nitrogens is 1. The van der Waals surface area contributed by atoms with Crippen LogP contribution in [0.25, 0.3) is 10.8 Å². The third-order valence-electron chi connectivity index (χ3n) is 8.92. The number of aryl methyl sites for hydroxylation is 1. The Hall–Kier alpha value is -5.20. The first-order valence-electron chi connectivity index (χ1n) is 15.3. The highest BCUT2D eigenvalue weighted by Crippen LogP contribution is 2.36. The van der Waals surface area contributed by atoms with Crippen molar-refractivity contribution in [3.05, 3.63) is 107 Å². The number of carbonyl (C=O) groups excluding carboxylic acids is 2. The van der Waals surface area contributed by atoms with E-state index in [2.05, 4.69) is 71.1 Å². The molecule has 3 N–H and O–H groups in total. The van der Waals surface area contributed by atoms with Gasteiger partial charge in [0.2, 0.25) is 5.91 Å². The van der Waals surface area contributed by atoms with Gasteiger partial charge in [-0.15, -0.1) is 0 Å². The van der Waals surface area contributed by atoms with Crippen molar-refractivity contribution in [1.29, 1.82) is 5.26 Å². The molecule has 0 bridgehead atoms. The molecule has 9 heteroatoms. The van der Waals surface area contributed by atoms with Crippen LogP contribution in [-0.2, 0) is 24.3 Å². The maximum Gasteiger partial charge on any atom is 0.274 e. The number of piperazine rings is 1. The van der Waals surface area contributed by atoms with E-state index < -0.39 is 0 Å². The minimum absolute atomic E-state index is 0.175. The first-order chi connectivity index (χ1) is 21.9. The van der Waals surface area contributed by atoms with Crippen molar-refractivity contribution in [2.75, 3.05) is 41.3 Å². The van der Waals surface area contributed by atoms with Crippen LogP contribution in [0.15, 0.2) is 79.4 Å². The number of nitrogens with two attached hydrogens (primary N) is 1. The summed E-state index contributed by atoms with van der Waals surface area (Å²) in [4.78, 5) is 37.6. The van der Waals surface area contributed by atoms with Crippen molar-refractivity contribution in [3.63, 3.8) is 0 Å². The second-order valence-corrected chi connectivity index (χ2v) is 11.6. The van der Waals surface area contributed by atoms with Gasteiger partial charge in [-0.3, -0.25) is 9.59 Å². The van der Waals surface area contributed by atoms with Crippen molar-refractivity contribution in [2.24, 2.45) is 5.73 Å². The smallest absolute Gasteiger partial charge is 0.274 e. The lowest BCUT2D eigenvalue weighted by Gasteiger charge is -2.43. The number of para-hydroxylation sites is 1. The van der Waals surface area contributed by atoms with Gasteiger partial charge < -0.3 is 25.8 Å². The summed E-state index contributed by atoms with van der Waals surface area (Å²) in [6.07, 6.45) is 2.26. The molecule has 45 heavy (non-hydrogen) atoms. The maximum atomic E-state index is 13.8. The van der Waals surface area contributed by atoms with E-state index in [0.29, 0.717) is 44.1 Å². The highest BCUT2D eigenvalue weighted by molar-refractivity contribution is 6.04. The number of benzene rings is 3. The summed E-state index contributed by atoms with van der Waals surface area (Å²) in [5.74, 6) is -0.488. The van der Waals surface area contributed by atoms with Crippen molar-refractivity contribution in [1.82, 2.24) is 9.88 Å². The average molecular weight is 600 g/mol. The lowest BCUT2D eigenvalue weighted by atomic mass is 9.97. The van der Waals surface area contributed by atoms with Crippen LogP contribution in [0.3, 0.4) is 0 Å². The zero-order valence-electron chi connectivity index (χ0n) is 25.5. The third-order valence-corrected chi connectivity index (χ3v) is 8.92. The van der Waals surface area contributed by atoms with Gasteiger partial charge >= 0.3 is 0 Å². The molecule has 1 aromatic heterocycles. The molecule has 2 aliphatic rings. The number of fused-ring (bicyclic) bond motifs is 2. The zero-order chi connectivity index (χ0) is 31.5. The van der Waals surface area contributed by atoms with Crippen LogP contribution in [0.5, 0.6) is 0 Å². The Balaban J connectivity index is 1.40. The number of carbonyl (C=O) groups is 2. The first-order valence-corrected chi connectivity index (χ1v) is 15.3. The summed E-state index contributed by atoms with van der Waals surface area (Å²) in [6.45, 7) is 8.93. The summed E-state index contributed by atoms with van der Waals surface area (Å²) in [7, 11) is 0. The number of amides is 2. The Morgan fingerprint density at radius 3 is 2.64 bits per heavy atom. The number of nitrogens with zero attached hydrogens (tertiary/aromatic N) is 5. The SMILES string of the molecule is C=CC(=O)N1CCN(c2cc(C(=O)Nc3ccccc3CN)nc3c2CCN(c2cccc4cccc(C)c24)C3)C[C@@H]1CC#N. The summed E-state index contributed by atoms with van der Waals surface area (Å²) in [5.41, 5.74) is 13.0. The normalized spacial score (nSPS) is 16.2. The molecule has 6 rings (SSSR count). The van der Waals surface area contributed by atoms with Crippen LogP contribution < -0.4 is 20.9 Å². The molecule has 0 saturated carbocycles. The van der Waals surface area contributed by atoms with Gasteiger partial charge in [-0.05, 0) is 54.1 Å². The molecule has 0 spiro atoms. The van der Waals surface area contributed by atoms with Crippen LogP contribution >= 0.6 is 0 Å². The number of nitriles is 1. The van der Waals surface area contributed by atoms with Crippen LogP contribution in [-0.4, -0.2) is 53.9 Å². The van der Waals surface area contributed by atoms with Crippen LogP contribution in [0.2, 0.25) is 0 Å².